The Kier molecular flexibility index (Phi) is 7.82. The number of rotatable bonds is 11. The van der Waals surface area contributed by atoms with Crippen molar-refractivity contribution in [2.24, 2.45) is 0 Å². The van der Waals surface area contributed by atoms with Gasteiger partial charge in [-0.1, -0.05) is 30.3 Å². The highest BCUT2D eigenvalue weighted by atomic mass is 32.2. The molecule has 1 heterocycles. The molecule has 0 spiro atoms. The Labute approximate surface area is 196 Å². The van der Waals surface area contributed by atoms with Crippen LogP contribution in [0.2, 0.25) is 0 Å². The first kappa shape index (κ1) is 25.5. The van der Waals surface area contributed by atoms with E-state index in [4.69, 9.17) is 0 Å². The van der Waals surface area contributed by atoms with Crippen LogP contribution in [0.25, 0.3) is 10.8 Å². The second-order valence-corrected chi connectivity index (χ2v) is 11.0. The van der Waals surface area contributed by atoms with Crippen molar-refractivity contribution in [1.29, 1.82) is 0 Å². The molecule has 11 nitrogen and oxygen atoms in total. The molecule has 0 atom stereocenters. The summed E-state index contributed by atoms with van der Waals surface area (Å²) < 4.78 is 56.1. The predicted octanol–water partition coefficient (Wildman–Crippen LogP) is 1.97. The summed E-state index contributed by atoms with van der Waals surface area (Å²) in [5.41, 5.74) is -0.885. The van der Waals surface area contributed by atoms with E-state index in [1.165, 1.54) is 16.7 Å². The van der Waals surface area contributed by atoms with Gasteiger partial charge in [0.15, 0.2) is 4.90 Å². The number of hydrogen-bond donors (Lipinski definition) is 0. The zero-order valence-electron chi connectivity index (χ0n) is 18.2. The molecular formula is C21H23N3O8S2. The number of nitro groups is 1. The lowest BCUT2D eigenvalue weighted by Gasteiger charge is -2.22. The molecule has 0 saturated heterocycles. The van der Waals surface area contributed by atoms with E-state index in [0.29, 0.717) is 5.39 Å². The number of aromatic nitrogens is 1. The monoisotopic (exact) mass is 509 g/mol. The van der Waals surface area contributed by atoms with Crippen LogP contribution in [0.3, 0.4) is 0 Å². The molecule has 0 amide bonds. The standard InChI is InChI=1S/C21H23N3O8S2/c1-33(28,29)32-16-6-12-23(34(30,31)20-10-5-4-9-19(20)24(26)27)15-14-22-13-11-17-7-2-3-8-18(17)21(22)25/h2-5,7-11,13H,6,12,14-16H2,1H3. The van der Waals surface area contributed by atoms with Gasteiger partial charge in [-0.3, -0.25) is 19.1 Å². The highest BCUT2D eigenvalue weighted by Gasteiger charge is 2.31. The lowest BCUT2D eigenvalue weighted by Crippen LogP contribution is -2.37. The van der Waals surface area contributed by atoms with Crippen molar-refractivity contribution in [2.45, 2.75) is 17.9 Å². The molecule has 0 aliphatic carbocycles. The molecule has 2 aromatic carbocycles. The fourth-order valence-electron chi connectivity index (χ4n) is 3.39. The average Bonchev–Trinajstić information content (AvgIpc) is 2.79. The molecule has 34 heavy (non-hydrogen) atoms. The summed E-state index contributed by atoms with van der Waals surface area (Å²) in [5, 5.41) is 12.6. The third-order valence-electron chi connectivity index (χ3n) is 5.01. The van der Waals surface area contributed by atoms with E-state index in [-0.39, 0.29) is 38.2 Å². The van der Waals surface area contributed by atoms with Crippen molar-refractivity contribution < 1.29 is 25.9 Å². The molecule has 3 rings (SSSR count). The summed E-state index contributed by atoms with van der Waals surface area (Å²) in [6, 6.07) is 13.7. The second kappa shape index (κ2) is 10.4. The highest BCUT2D eigenvalue weighted by Crippen LogP contribution is 2.26. The van der Waals surface area contributed by atoms with Crippen LogP contribution in [0.1, 0.15) is 6.42 Å². The van der Waals surface area contributed by atoms with Crippen LogP contribution in [0.4, 0.5) is 5.69 Å². The molecule has 0 aliphatic rings. The van der Waals surface area contributed by atoms with Gasteiger partial charge in [-0.05, 0) is 30.0 Å². The molecule has 182 valence electrons. The van der Waals surface area contributed by atoms with Crippen molar-refractivity contribution in [3.8, 4) is 0 Å². The molecule has 0 bridgehead atoms. The minimum absolute atomic E-state index is 0.0134. The summed E-state index contributed by atoms with van der Waals surface area (Å²) in [6.45, 7) is -0.633. The van der Waals surface area contributed by atoms with Crippen LogP contribution in [-0.4, -0.2) is 56.6 Å². The fraction of sp³-hybridized carbons (Fsp3) is 0.286. The number of nitro benzene ring substituents is 1. The Bertz CT molecular complexity index is 1470. The topological polar surface area (TPSA) is 146 Å². The lowest BCUT2D eigenvalue weighted by atomic mass is 10.2. The van der Waals surface area contributed by atoms with E-state index >= 15 is 0 Å². The predicted molar refractivity (Wildman–Crippen MR) is 125 cm³/mol. The number of para-hydroxylation sites is 1. The Morgan fingerprint density at radius 1 is 1.00 bits per heavy atom. The fourth-order valence-corrected chi connectivity index (χ4v) is 5.44. The van der Waals surface area contributed by atoms with Gasteiger partial charge >= 0.3 is 0 Å². The number of nitrogens with zero attached hydrogens (tertiary/aromatic N) is 3. The van der Waals surface area contributed by atoms with Crippen LogP contribution in [0.5, 0.6) is 0 Å². The van der Waals surface area contributed by atoms with Crippen LogP contribution < -0.4 is 5.56 Å². The quantitative estimate of drug-likeness (QED) is 0.165. The van der Waals surface area contributed by atoms with Gasteiger partial charge in [-0.2, -0.15) is 12.7 Å². The first-order chi connectivity index (χ1) is 16.0. The summed E-state index contributed by atoms with van der Waals surface area (Å²) in [4.78, 5) is 22.9. The van der Waals surface area contributed by atoms with Crippen molar-refractivity contribution in [3.63, 3.8) is 0 Å². The average molecular weight is 510 g/mol. The van der Waals surface area contributed by atoms with Gasteiger partial charge in [0.25, 0.3) is 21.4 Å². The van der Waals surface area contributed by atoms with Crippen molar-refractivity contribution in [3.05, 3.63) is 81.3 Å². The third kappa shape index (κ3) is 6.05. The maximum atomic E-state index is 13.3. The maximum absolute atomic E-state index is 13.3. The van der Waals surface area contributed by atoms with E-state index in [9.17, 15) is 31.7 Å². The molecular weight excluding hydrogens is 486 g/mol. The Balaban J connectivity index is 1.90. The molecule has 0 saturated carbocycles. The number of sulfonamides is 1. The van der Waals surface area contributed by atoms with Crippen molar-refractivity contribution >= 4 is 36.6 Å². The van der Waals surface area contributed by atoms with E-state index in [1.807, 2.05) is 0 Å². The third-order valence-corrected chi connectivity index (χ3v) is 7.55. The number of pyridine rings is 1. The molecule has 0 aliphatic heterocycles. The molecule has 13 heteroatoms. The Morgan fingerprint density at radius 3 is 2.38 bits per heavy atom. The van der Waals surface area contributed by atoms with E-state index in [2.05, 4.69) is 4.18 Å². The first-order valence-corrected chi connectivity index (χ1v) is 13.4. The maximum Gasteiger partial charge on any atom is 0.289 e. The van der Waals surface area contributed by atoms with E-state index < -0.39 is 35.6 Å². The zero-order valence-corrected chi connectivity index (χ0v) is 19.9. The van der Waals surface area contributed by atoms with Gasteiger partial charge in [0.1, 0.15) is 0 Å². The summed E-state index contributed by atoms with van der Waals surface area (Å²) in [6.07, 6.45) is 2.44. The number of fused-ring (bicyclic) bond motifs is 1. The Hall–Kier alpha value is -3.13. The van der Waals surface area contributed by atoms with Crippen LogP contribution in [0.15, 0.2) is 70.5 Å². The lowest BCUT2D eigenvalue weighted by molar-refractivity contribution is -0.387. The van der Waals surface area contributed by atoms with Crippen LogP contribution >= 0.6 is 0 Å². The molecule has 0 unspecified atom stereocenters. The van der Waals surface area contributed by atoms with Gasteiger partial charge in [0, 0.05) is 37.3 Å². The molecule has 3 aromatic rings. The number of hydrogen-bond acceptors (Lipinski definition) is 8. The zero-order chi connectivity index (χ0) is 24.9. The van der Waals surface area contributed by atoms with Crippen LogP contribution in [0, 0.1) is 10.1 Å². The summed E-state index contributed by atoms with van der Waals surface area (Å²) >= 11 is 0. The largest absolute Gasteiger partial charge is 0.314 e. The van der Waals surface area contributed by atoms with Crippen molar-refractivity contribution in [2.75, 3.05) is 26.0 Å². The number of benzene rings is 2. The molecule has 0 radical (unpaired) electrons. The van der Waals surface area contributed by atoms with Gasteiger partial charge in [-0.15, -0.1) is 0 Å². The summed E-state index contributed by atoms with van der Waals surface area (Å²) in [5.74, 6) is 0. The van der Waals surface area contributed by atoms with Gasteiger partial charge in [-0.25, -0.2) is 8.42 Å². The smallest absolute Gasteiger partial charge is 0.289 e. The summed E-state index contributed by atoms with van der Waals surface area (Å²) in [7, 11) is -8.06. The minimum atomic E-state index is -4.35. The van der Waals surface area contributed by atoms with Crippen LogP contribution in [-0.2, 0) is 30.9 Å². The highest BCUT2D eigenvalue weighted by molar-refractivity contribution is 7.89. The van der Waals surface area contributed by atoms with E-state index in [0.717, 1.165) is 28.1 Å². The van der Waals surface area contributed by atoms with Gasteiger partial charge in [0.05, 0.1) is 17.8 Å². The minimum Gasteiger partial charge on any atom is -0.314 e. The van der Waals surface area contributed by atoms with Gasteiger partial charge in [0.2, 0.25) is 10.0 Å². The molecule has 1 aromatic heterocycles. The molecule has 0 fully saturated rings. The SMILES string of the molecule is CS(=O)(=O)OCCCN(CCn1ccc2ccccc2c1=O)S(=O)(=O)c1ccccc1[N+](=O)[O-]. The Morgan fingerprint density at radius 2 is 1.68 bits per heavy atom. The van der Waals surface area contributed by atoms with Crippen molar-refractivity contribution in [1.82, 2.24) is 8.87 Å². The normalized spacial score (nSPS) is 12.3. The molecule has 0 N–H and O–H groups in total. The van der Waals surface area contributed by atoms with Gasteiger partial charge < -0.3 is 4.57 Å². The second-order valence-electron chi connectivity index (χ2n) is 7.41. The first-order valence-electron chi connectivity index (χ1n) is 10.2. The van der Waals surface area contributed by atoms with E-state index in [1.54, 1.807) is 36.5 Å².